The van der Waals surface area contributed by atoms with E-state index in [1.807, 2.05) is 55.5 Å². The zero-order chi connectivity index (χ0) is 26.3. The maximum Gasteiger partial charge on any atom is 0.266 e. The molecule has 2 atom stereocenters. The second-order valence-corrected chi connectivity index (χ2v) is 10.8. The lowest BCUT2D eigenvalue weighted by atomic mass is 9.85. The molecule has 2 aliphatic rings. The number of rotatable bonds is 11. The third-order valence-corrected chi connectivity index (χ3v) is 7.92. The van der Waals surface area contributed by atoms with Crippen molar-refractivity contribution in [3.63, 3.8) is 0 Å². The molecule has 8 nitrogen and oxygen atoms in total. The highest BCUT2D eigenvalue weighted by Crippen LogP contribution is 2.34. The Hall–Kier alpha value is -2.46. The number of hydrogen-bond donors (Lipinski definition) is 4. The Kier molecular flexibility index (Phi) is 9.23. The number of benzene rings is 2. The van der Waals surface area contributed by atoms with Crippen LogP contribution in [0.25, 0.3) is 0 Å². The number of carbonyl (C=O) groups is 1. The summed E-state index contributed by atoms with van der Waals surface area (Å²) in [5.74, 6) is 0.766. The molecule has 1 amide bonds. The average molecular weight is 575 g/mol. The molecule has 4 N–H and O–H groups in total. The van der Waals surface area contributed by atoms with Crippen LogP contribution in [0.1, 0.15) is 56.6 Å². The second kappa shape index (κ2) is 12.4. The van der Waals surface area contributed by atoms with Crippen LogP contribution in [0.2, 0.25) is 0 Å². The molecule has 0 spiro atoms. The summed E-state index contributed by atoms with van der Waals surface area (Å²) in [5.41, 5.74) is 5.47. The van der Waals surface area contributed by atoms with E-state index < -0.39 is 17.2 Å². The number of aliphatic imine (C=N–C) groups is 1. The largest absolute Gasteiger partial charge is 0.494 e. The molecule has 9 heteroatoms. The van der Waals surface area contributed by atoms with Crippen molar-refractivity contribution in [1.29, 1.82) is 0 Å². The van der Waals surface area contributed by atoms with Crippen LogP contribution >= 0.6 is 15.9 Å². The Morgan fingerprint density at radius 3 is 2.59 bits per heavy atom. The van der Waals surface area contributed by atoms with E-state index in [1.165, 1.54) is 0 Å². The number of hydrazine groups is 1. The maximum atomic E-state index is 13.7. The molecule has 0 radical (unpaired) electrons. The molecule has 1 fully saturated rings. The predicted octanol–water partition coefficient (Wildman–Crippen LogP) is 3.67. The number of nitrogens with zero attached hydrogens (tertiary/aromatic N) is 1. The summed E-state index contributed by atoms with van der Waals surface area (Å²) in [7, 11) is 0. The minimum Gasteiger partial charge on any atom is -0.494 e. The molecule has 2 aromatic carbocycles. The van der Waals surface area contributed by atoms with Gasteiger partial charge in [-0.15, -0.1) is 0 Å². The Morgan fingerprint density at radius 1 is 1.16 bits per heavy atom. The molecule has 4 rings (SSSR count). The number of halogens is 1. The lowest BCUT2D eigenvalue weighted by molar-refractivity contribution is -0.129. The van der Waals surface area contributed by atoms with Crippen LogP contribution in [-0.4, -0.2) is 59.0 Å². The molecule has 1 heterocycles. The van der Waals surface area contributed by atoms with Crippen LogP contribution in [0.5, 0.6) is 5.75 Å². The fourth-order valence-corrected chi connectivity index (χ4v) is 5.28. The van der Waals surface area contributed by atoms with Gasteiger partial charge in [0.2, 0.25) is 5.90 Å². The van der Waals surface area contributed by atoms with E-state index in [9.17, 15) is 9.90 Å². The van der Waals surface area contributed by atoms with Gasteiger partial charge in [0.05, 0.1) is 12.2 Å². The topological polar surface area (TPSA) is 112 Å². The van der Waals surface area contributed by atoms with Gasteiger partial charge in [-0.05, 0) is 55.7 Å². The fraction of sp³-hybridized carbons (Fsp3) is 0.500. The van der Waals surface area contributed by atoms with Gasteiger partial charge in [0.15, 0.2) is 5.54 Å². The normalized spacial score (nSPS) is 22.7. The second-order valence-electron chi connectivity index (χ2n) is 9.91. The van der Waals surface area contributed by atoms with Crippen molar-refractivity contribution >= 4 is 27.7 Å². The Balaban J connectivity index is 1.55. The third-order valence-electron chi connectivity index (χ3n) is 7.15. The van der Waals surface area contributed by atoms with Crippen molar-refractivity contribution in [3.8, 4) is 5.75 Å². The lowest BCUT2D eigenvalue weighted by Gasteiger charge is -2.33. The van der Waals surface area contributed by atoms with E-state index in [2.05, 4.69) is 26.8 Å². The van der Waals surface area contributed by atoms with Crippen LogP contribution < -0.4 is 15.6 Å². The first-order valence-corrected chi connectivity index (χ1v) is 13.7. The van der Waals surface area contributed by atoms with Crippen LogP contribution in [0, 0.1) is 0 Å². The first-order chi connectivity index (χ1) is 17.8. The zero-order valence-corrected chi connectivity index (χ0v) is 22.8. The van der Waals surface area contributed by atoms with E-state index in [0.29, 0.717) is 31.1 Å². The number of hydrogen-bond acceptors (Lipinski definition) is 7. The smallest absolute Gasteiger partial charge is 0.266 e. The molecule has 1 aliphatic heterocycles. The molecule has 2 aromatic rings. The molecular formula is C28H36BrN3O5. The van der Waals surface area contributed by atoms with Crippen molar-refractivity contribution in [3.05, 3.63) is 64.1 Å². The van der Waals surface area contributed by atoms with Gasteiger partial charge in [-0.2, -0.15) is 0 Å². The molecule has 1 aliphatic carbocycles. The average Bonchev–Trinajstić information content (AvgIpc) is 3.23. The highest BCUT2D eigenvalue weighted by molar-refractivity contribution is 9.10. The van der Waals surface area contributed by atoms with Gasteiger partial charge in [0, 0.05) is 36.0 Å². The summed E-state index contributed by atoms with van der Waals surface area (Å²) in [6.07, 6.45) is 4.91. The van der Waals surface area contributed by atoms with Gasteiger partial charge in [-0.1, -0.05) is 53.4 Å². The van der Waals surface area contributed by atoms with Crippen LogP contribution in [0.4, 0.5) is 0 Å². The van der Waals surface area contributed by atoms with Crippen molar-refractivity contribution in [2.75, 3.05) is 19.8 Å². The first-order valence-electron chi connectivity index (χ1n) is 12.9. The van der Waals surface area contributed by atoms with Gasteiger partial charge in [-0.25, -0.2) is 10.4 Å². The summed E-state index contributed by atoms with van der Waals surface area (Å²) in [6, 6.07) is 15.1. The van der Waals surface area contributed by atoms with Gasteiger partial charge in [-0.3, -0.25) is 10.2 Å². The van der Waals surface area contributed by atoms with Gasteiger partial charge in [0.25, 0.3) is 5.91 Å². The van der Waals surface area contributed by atoms with E-state index in [-0.39, 0.29) is 19.1 Å². The highest BCUT2D eigenvalue weighted by atomic mass is 79.9. The quantitative estimate of drug-likeness (QED) is 0.241. The summed E-state index contributed by atoms with van der Waals surface area (Å²) in [4.78, 5) is 18.6. The predicted molar refractivity (Wildman–Crippen MR) is 145 cm³/mol. The van der Waals surface area contributed by atoms with Gasteiger partial charge >= 0.3 is 0 Å². The minimum atomic E-state index is -1.21. The summed E-state index contributed by atoms with van der Waals surface area (Å²) in [6.45, 7) is 2.65. The Morgan fingerprint density at radius 2 is 1.89 bits per heavy atom. The van der Waals surface area contributed by atoms with E-state index in [0.717, 1.165) is 47.7 Å². The number of carbonyl (C=O) groups excluding carboxylic acids is 1. The highest BCUT2D eigenvalue weighted by Gasteiger charge is 2.50. The summed E-state index contributed by atoms with van der Waals surface area (Å²) >= 11 is 3.60. The summed E-state index contributed by atoms with van der Waals surface area (Å²) in [5, 5.41) is 19.8. The molecule has 1 saturated carbocycles. The number of ether oxygens (including phenoxy) is 2. The molecular weight excluding hydrogens is 538 g/mol. The lowest BCUT2D eigenvalue weighted by Crippen LogP contribution is -2.58. The van der Waals surface area contributed by atoms with Crippen LogP contribution in [0.3, 0.4) is 0 Å². The maximum absolute atomic E-state index is 13.7. The van der Waals surface area contributed by atoms with E-state index in [4.69, 9.17) is 19.6 Å². The van der Waals surface area contributed by atoms with Crippen molar-refractivity contribution in [2.24, 2.45) is 4.99 Å². The van der Waals surface area contributed by atoms with Crippen LogP contribution in [-0.2, 0) is 16.0 Å². The number of aliphatic hydroxyl groups excluding tert-OH is 1. The number of nitrogens with one attached hydrogen (secondary N) is 2. The summed E-state index contributed by atoms with van der Waals surface area (Å²) < 4.78 is 12.7. The van der Waals surface area contributed by atoms with Crippen molar-refractivity contribution in [1.82, 2.24) is 10.9 Å². The molecule has 0 saturated heterocycles. The molecule has 200 valence electrons. The molecule has 0 aromatic heterocycles. The first kappa shape index (κ1) is 27.6. The van der Waals surface area contributed by atoms with Crippen molar-refractivity contribution in [2.45, 2.75) is 69.1 Å². The fourth-order valence-electron chi connectivity index (χ4n) is 4.86. The SMILES string of the molecule is C[C@@H]1OC(c2ccc(OCCCO)cc2)=N[C@]1(Cc1ccccc1Br)C(=O)NNCC1(O)CCCCC1. The number of aliphatic hydroxyl groups is 2. The van der Waals surface area contributed by atoms with Gasteiger partial charge in [0.1, 0.15) is 11.9 Å². The molecule has 37 heavy (non-hydrogen) atoms. The van der Waals surface area contributed by atoms with E-state index >= 15 is 0 Å². The third kappa shape index (κ3) is 6.71. The molecule has 0 unspecified atom stereocenters. The van der Waals surface area contributed by atoms with Crippen molar-refractivity contribution < 1.29 is 24.5 Å². The minimum absolute atomic E-state index is 0.0798. The molecule has 0 bridgehead atoms. The Bertz CT molecular complexity index is 1090. The van der Waals surface area contributed by atoms with Gasteiger partial charge < -0.3 is 19.7 Å². The Labute approximate surface area is 226 Å². The zero-order valence-electron chi connectivity index (χ0n) is 21.2. The van der Waals surface area contributed by atoms with Crippen LogP contribution in [0.15, 0.2) is 58.0 Å². The standard InChI is InChI=1S/C28H36BrN3O5/c1-20-28(18-22-8-3-4-9-24(22)29,26(34)32-30-19-27(35)14-5-2-6-15-27)31-25(37-20)21-10-12-23(13-11-21)36-17-7-16-33/h3-4,8-13,20,30,33,35H,2,5-7,14-19H2,1H3,(H,32,34)/t20-,28-/m0/s1. The number of amides is 1. The van der Waals surface area contributed by atoms with E-state index in [1.54, 1.807) is 0 Å². The monoisotopic (exact) mass is 573 g/mol.